The van der Waals surface area contributed by atoms with Gasteiger partial charge in [-0.25, -0.2) is 0 Å². The lowest BCUT2D eigenvalue weighted by atomic mass is 9.33. The fourth-order valence-electron chi connectivity index (χ4n) is 12.6. The molecule has 0 aromatic heterocycles. The third kappa shape index (κ3) is 6.00. The smallest absolute Gasteiger partial charge is 0.315 e. The number of hydrogen-bond donors (Lipinski definition) is 5. The number of aliphatic carboxylic acids is 1. The van der Waals surface area contributed by atoms with Crippen LogP contribution in [0.5, 0.6) is 0 Å². The van der Waals surface area contributed by atoms with Crippen LogP contribution in [0.2, 0.25) is 0 Å². The predicted molar refractivity (Wildman–Crippen MR) is 186 cm³/mol. The van der Waals surface area contributed by atoms with E-state index in [-0.39, 0.29) is 51.9 Å². The van der Waals surface area contributed by atoms with Gasteiger partial charge in [0.15, 0.2) is 0 Å². The van der Waals surface area contributed by atoms with Crippen LogP contribution in [0.1, 0.15) is 126 Å². The second-order valence-corrected chi connectivity index (χ2v) is 19.2. The highest BCUT2D eigenvalue weighted by molar-refractivity contribution is 5.79. The topological polar surface area (TPSA) is 180 Å². The molecule has 0 radical (unpaired) electrons. The van der Waals surface area contributed by atoms with Crippen molar-refractivity contribution in [2.24, 2.45) is 50.2 Å². The van der Waals surface area contributed by atoms with E-state index in [0.29, 0.717) is 24.7 Å². The van der Waals surface area contributed by atoms with Gasteiger partial charge in [0.1, 0.15) is 30.5 Å². The van der Waals surface area contributed by atoms with Crippen LogP contribution in [0.3, 0.4) is 0 Å². The van der Waals surface area contributed by atoms with Gasteiger partial charge in [-0.05, 0) is 104 Å². The van der Waals surface area contributed by atoms with Crippen LogP contribution in [-0.4, -0.2) is 86.9 Å². The molecular weight excluding hydrogens is 656 g/mol. The Morgan fingerprint density at radius 3 is 2.18 bits per heavy atom. The van der Waals surface area contributed by atoms with Crippen LogP contribution >= 0.6 is 0 Å². The molecule has 0 amide bonds. The van der Waals surface area contributed by atoms with E-state index in [2.05, 4.69) is 54.5 Å². The standard InChI is InChI=1S/C40H62O11/c1-35(2)16-18-40(34(48)51-33-32(47)31(46)30(45)24(21-41)49-33)19-17-38(6)22(23(40)20-35)8-9-26-37(5)14-13-27(50-29(44)11-10-28(42)43)36(3,4)25(37)12-15-39(26,38)7/h8,23-27,30-33,41,45-47H,9-21H2,1-7H3,(H,42,43)/t23-,24+,25-,26+,27-,30+,31-,32-,33-,37-,38+,39+,40-/m0/s1. The quantitative estimate of drug-likeness (QED) is 0.178. The summed E-state index contributed by atoms with van der Waals surface area (Å²) in [5.74, 6) is -1.27. The zero-order valence-corrected chi connectivity index (χ0v) is 31.7. The van der Waals surface area contributed by atoms with E-state index in [4.69, 9.17) is 19.3 Å². The molecule has 5 N–H and O–H groups in total. The molecule has 0 aromatic carbocycles. The molecule has 6 rings (SSSR count). The average molecular weight is 719 g/mol. The van der Waals surface area contributed by atoms with Crippen LogP contribution in [0, 0.1) is 50.2 Å². The Balaban J connectivity index is 1.29. The van der Waals surface area contributed by atoms with Crippen molar-refractivity contribution in [2.45, 2.75) is 162 Å². The normalized spacial score (nSPS) is 47.0. The number of allylic oxidation sites excluding steroid dienone is 2. The molecule has 0 unspecified atom stereocenters. The molecule has 1 heterocycles. The summed E-state index contributed by atoms with van der Waals surface area (Å²) < 4.78 is 17.6. The van der Waals surface area contributed by atoms with E-state index in [0.717, 1.165) is 51.4 Å². The number of aliphatic hydroxyl groups is 4. The van der Waals surface area contributed by atoms with Crippen molar-refractivity contribution in [3.05, 3.63) is 11.6 Å². The number of rotatable bonds is 7. The van der Waals surface area contributed by atoms with Crippen LogP contribution in [-0.2, 0) is 28.6 Å². The number of carboxylic acids is 1. The minimum atomic E-state index is -1.65. The molecule has 5 aliphatic carbocycles. The lowest BCUT2D eigenvalue weighted by molar-refractivity contribution is -0.297. The number of carboxylic acid groups (broad SMARTS) is 1. The van der Waals surface area contributed by atoms with E-state index in [9.17, 15) is 34.8 Å². The summed E-state index contributed by atoms with van der Waals surface area (Å²) in [5, 5.41) is 50.3. The Labute approximate surface area is 302 Å². The van der Waals surface area contributed by atoms with Crippen molar-refractivity contribution < 1.29 is 54.1 Å². The Bertz CT molecular complexity index is 1420. The van der Waals surface area contributed by atoms with Crippen molar-refractivity contribution in [3.8, 4) is 0 Å². The molecule has 0 aromatic rings. The van der Waals surface area contributed by atoms with Gasteiger partial charge >= 0.3 is 17.9 Å². The van der Waals surface area contributed by atoms with Gasteiger partial charge in [0.2, 0.25) is 6.29 Å². The molecule has 11 heteroatoms. The molecular formula is C40H62O11. The monoisotopic (exact) mass is 718 g/mol. The Hall–Kier alpha value is -2.05. The van der Waals surface area contributed by atoms with Gasteiger partial charge in [-0.2, -0.15) is 0 Å². The number of ether oxygens (including phenoxy) is 3. The number of carbonyl (C=O) groups excluding carboxylic acids is 2. The molecule has 0 bridgehead atoms. The SMILES string of the molecule is CC1(C)CC[C@]2(C(=O)O[C@@H]3O[C@H](CO)[C@@H](O)[C@H](O)[C@@H]3O)CC[C@]3(C)C(=CC[C@@H]4[C@@]5(C)CC[C@H](OC(=O)CCC(=O)O)C(C)(C)[C@@H]5CC[C@]43C)[C@@H]2C1. The highest BCUT2D eigenvalue weighted by Gasteiger charge is 2.70. The molecule has 4 saturated carbocycles. The van der Waals surface area contributed by atoms with Crippen LogP contribution in [0.25, 0.3) is 0 Å². The molecule has 0 spiro atoms. The van der Waals surface area contributed by atoms with Gasteiger partial charge in [0.05, 0.1) is 24.9 Å². The molecule has 6 aliphatic rings. The Kier molecular flexibility index (Phi) is 9.90. The second-order valence-electron chi connectivity index (χ2n) is 19.2. The van der Waals surface area contributed by atoms with Gasteiger partial charge < -0.3 is 39.7 Å². The highest BCUT2D eigenvalue weighted by atomic mass is 16.7. The minimum absolute atomic E-state index is 0.00236. The van der Waals surface area contributed by atoms with Crippen LogP contribution in [0.15, 0.2) is 11.6 Å². The van der Waals surface area contributed by atoms with E-state index in [1.807, 2.05) is 0 Å². The maximum absolute atomic E-state index is 14.5. The fraction of sp³-hybridized carbons (Fsp3) is 0.875. The van der Waals surface area contributed by atoms with Crippen molar-refractivity contribution in [3.63, 3.8) is 0 Å². The molecule has 1 saturated heterocycles. The molecule has 5 fully saturated rings. The second kappa shape index (κ2) is 13.1. The average Bonchev–Trinajstić information content (AvgIpc) is 3.05. The fourth-order valence-corrected chi connectivity index (χ4v) is 12.6. The lowest BCUT2D eigenvalue weighted by Gasteiger charge is -2.71. The van der Waals surface area contributed by atoms with Crippen molar-refractivity contribution in [1.82, 2.24) is 0 Å². The summed E-state index contributed by atoms with van der Waals surface area (Å²) in [4.78, 5) is 38.2. The summed E-state index contributed by atoms with van der Waals surface area (Å²) in [6.45, 7) is 15.7. The lowest BCUT2D eigenvalue weighted by Crippen LogP contribution is -2.65. The molecule has 13 atom stereocenters. The number of carbonyl (C=O) groups is 3. The molecule has 288 valence electrons. The molecule has 11 nitrogen and oxygen atoms in total. The summed E-state index contributed by atoms with van der Waals surface area (Å²) in [6, 6.07) is 0. The molecule has 1 aliphatic heterocycles. The van der Waals surface area contributed by atoms with E-state index < -0.39 is 60.6 Å². The van der Waals surface area contributed by atoms with Gasteiger partial charge in [-0.3, -0.25) is 14.4 Å². The third-order valence-electron chi connectivity index (χ3n) is 15.9. The van der Waals surface area contributed by atoms with Gasteiger partial charge in [-0.1, -0.05) is 60.1 Å². The highest BCUT2D eigenvalue weighted by Crippen LogP contribution is 2.76. The maximum atomic E-state index is 14.5. The zero-order valence-electron chi connectivity index (χ0n) is 31.7. The van der Waals surface area contributed by atoms with E-state index in [1.165, 1.54) is 5.57 Å². The van der Waals surface area contributed by atoms with E-state index >= 15 is 0 Å². The van der Waals surface area contributed by atoms with Crippen molar-refractivity contribution >= 4 is 17.9 Å². The number of fused-ring (bicyclic) bond motifs is 7. The first-order valence-corrected chi connectivity index (χ1v) is 19.3. The predicted octanol–water partition coefficient (Wildman–Crippen LogP) is 4.91. The number of aliphatic hydroxyl groups excluding tert-OH is 4. The largest absolute Gasteiger partial charge is 0.481 e. The summed E-state index contributed by atoms with van der Waals surface area (Å²) in [7, 11) is 0. The third-order valence-corrected chi connectivity index (χ3v) is 15.9. The van der Waals surface area contributed by atoms with Crippen LogP contribution in [0.4, 0.5) is 0 Å². The van der Waals surface area contributed by atoms with Crippen molar-refractivity contribution in [2.75, 3.05) is 6.61 Å². The van der Waals surface area contributed by atoms with Crippen LogP contribution < -0.4 is 0 Å². The number of esters is 2. The first kappa shape index (κ1) is 38.7. The van der Waals surface area contributed by atoms with Gasteiger partial charge in [0, 0.05) is 5.41 Å². The summed E-state index contributed by atoms with van der Waals surface area (Å²) in [5.41, 5.74) is 0.0254. The van der Waals surface area contributed by atoms with Gasteiger partial charge in [-0.15, -0.1) is 0 Å². The Morgan fingerprint density at radius 1 is 0.824 bits per heavy atom. The van der Waals surface area contributed by atoms with Crippen molar-refractivity contribution in [1.29, 1.82) is 0 Å². The van der Waals surface area contributed by atoms with E-state index in [1.54, 1.807) is 0 Å². The molecule has 51 heavy (non-hydrogen) atoms. The minimum Gasteiger partial charge on any atom is -0.481 e. The summed E-state index contributed by atoms with van der Waals surface area (Å²) >= 11 is 0. The Morgan fingerprint density at radius 2 is 1.51 bits per heavy atom. The van der Waals surface area contributed by atoms with Gasteiger partial charge in [0.25, 0.3) is 0 Å². The zero-order chi connectivity index (χ0) is 37.5. The first-order valence-electron chi connectivity index (χ1n) is 19.3. The first-order chi connectivity index (χ1) is 23.7. The maximum Gasteiger partial charge on any atom is 0.315 e. The summed E-state index contributed by atoms with van der Waals surface area (Å²) in [6.07, 6.45) is 2.65. The number of hydrogen-bond acceptors (Lipinski definition) is 10.